The van der Waals surface area contributed by atoms with E-state index in [2.05, 4.69) is 42.0 Å². The first kappa shape index (κ1) is 16.4. The van der Waals surface area contributed by atoms with Gasteiger partial charge in [-0.2, -0.15) is 0 Å². The second-order valence-corrected chi connectivity index (χ2v) is 6.38. The minimum absolute atomic E-state index is 0.0363. The van der Waals surface area contributed by atoms with Gasteiger partial charge >= 0.3 is 0 Å². The van der Waals surface area contributed by atoms with E-state index in [0.717, 1.165) is 21.3 Å². The lowest BCUT2D eigenvalue weighted by atomic mass is 10.1. The molecule has 1 rings (SSSR count). The van der Waals surface area contributed by atoms with Crippen LogP contribution in [0.1, 0.15) is 31.9 Å². The van der Waals surface area contributed by atoms with E-state index in [1.165, 1.54) is 0 Å². The third-order valence-corrected chi connectivity index (χ3v) is 3.24. The number of aliphatic hydroxyl groups excluding tert-OH is 1. The number of hydrogen-bond acceptors (Lipinski definition) is 4. The molecule has 0 radical (unpaired) electrons. The number of hydrogen-bond donors (Lipinski definition) is 3. The number of nitrogen functional groups attached to an aromatic ring is 1. The molecular formula is C14H23BrN2O2. The molecule has 0 saturated carbocycles. The van der Waals surface area contributed by atoms with Gasteiger partial charge in [0.15, 0.2) is 0 Å². The lowest BCUT2D eigenvalue weighted by molar-refractivity contribution is 0.0815. The Morgan fingerprint density at radius 2 is 2.05 bits per heavy atom. The maximum Gasteiger partial charge on any atom is 0.0718 e. The third kappa shape index (κ3) is 5.91. The van der Waals surface area contributed by atoms with Gasteiger partial charge in [0.1, 0.15) is 0 Å². The van der Waals surface area contributed by atoms with Crippen LogP contribution < -0.4 is 11.1 Å². The smallest absolute Gasteiger partial charge is 0.0718 e. The molecule has 0 unspecified atom stereocenters. The minimum Gasteiger partial charge on any atom is -0.398 e. The molecule has 0 aromatic heterocycles. The van der Waals surface area contributed by atoms with E-state index in [9.17, 15) is 0 Å². The van der Waals surface area contributed by atoms with Gasteiger partial charge < -0.3 is 20.9 Å². The van der Waals surface area contributed by atoms with Crippen LogP contribution in [0.15, 0.2) is 16.6 Å². The topological polar surface area (TPSA) is 67.5 Å². The minimum atomic E-state index is 0.0363. The predicted molar refractivity (Wildman–Crippen MR) is 81.9 cm³/mol. The lowest BCUT2D eigenvalue weighted by Gasteiger charge is -2.22. The van der Waals surface area contributed by atoms with Crippen molar-refractivity contribution in [2.75, 3.05) is 18.9 Å². The Hall–Kier alpha value is -0.620. The van der Waals surface area contributed by atoms with Crippen LogP contribution in [-0.4, -0.2) is 23.9 Å². The molecule has 5 heteroatoms. The number of benzene rings is 1. The molecule has 4 nitrogen and oxygen atoms in total. The summed E-state index contributed by atoms with van der Waals surface area (Å²) >= 11 is 3.47. The highest BCUT2D eigenvalue weighted by Crippen LogP contribution is 2.26. The van der Waals surface area contributed by atoms with Gasteiger partial charge in [0.05, 0.1) is 25.5 Å². The molecule has 4 N–H and O–H groups in total. The van der Waals surface area contributed by atoms with E-state index in [1.54, 1.807) is 0 Å². The Kier molecular flexibility index (Phi) is 6.26. The van der Waals surface area contributed by atoms with Crippen molar-refractivity contribution >= 4 is 21.6 Å². The van der Waals surface area contributed by atoms with Crippen LogP contribution >= 0.6 is 15.9 Å². The second-order valence-electron chi connectivity index (χ2n) is 5.53. The summed E-state index contributed by atoms with van der Waals surface area (Å²) in [5.41, 5.74) is 8.95. The first-order chi connectivity index (χ1) is 8.83. The van der Waals surface area contributed by atoms with Gasteiger partial charge in [0.2, 0.25) is 0 Å². The Bertz CT molecular complexity index is 417. The third-order valence-electron chi connectivity index (χ3n) is 2.59. The molecule has 19 heavy (non-hydrogen) atoms. The largest absolute Gasteiger partial charge is 0.398 e. The summed E-state index contributed by atoms with van der Waals surface area (Å²) < 4.78 is 6.21. The van der Waals surface area contributed by atoms with Gasteiger partial charge in [-0.15, -0.1) is 0 Å². The van der Waals surface area contributed by atoms with Crippen LogP contribution in [0.4, 0.5) is 5.69 Å². The van der Waals surface area contributed by atoms with Crippen molar-refractivity contribution < 1.29 is 9.84 Å². The summed E-state index contributed by atoms with van der Waals surface area (Å²) in [6.45, 7) is 7.92. The average molecular weight is 331 g/mol. The predicted octanol–water partition coefficient (Wildman–Crippen LogP) is 2.43. The van der Waals surface area contributed by atoms with E-state index >= 15 is 0 Å². The molecule has 0 heterocycles. The molecule has 0 aliphatic rings. The second kappa shape index (κ2) is 7.24. The Balaban J connectivity index is 2.78. The number of halogens is 1. The van der Waals surface area contributed by atoms with Crippen molar-refractivity contribution in [1.82, 2.24) is 5.32 Å². The van der Waals surface area contributed by atoms with E-state index < -0.39 is 0 Å². The zero-order chi connectivity index (χ0) is 14.5. The zero-order valence-electron chi connectivity index (χ0n) is 11.8. The fraction of sp³-hybridized carbons (Fsp3) is 0.571. The van der Waals surface area contributed by atoms with E-state index in [0.29, 0.717) is 19.8 Å². The SMILES string of the molecule is CC(C)(C)NCc1cc(COCCO)cc(Br)c1N. The number of nitrogens with two attached hydrogens (primary N) is 1. The molecule has 1 aromatic carbocycles. The van der Waals surface area contributed by atoms with Crippen molar-refractivity contribution in [3.63, 3.8) is 0 Å². The molecule has 108 valence electrons. The van der Waals surface area contributed by atoms with Gasteiger partial charge in [0.25, 0.3) is 0 Å². The van der Waals surface area contributed by atoms with Gasteiger partial charge in [0, 0.05) is 16.6 Å². The van der Waals surface area contributed by atoms with E-state index in [-0.39, 0.29) is 12.1 Å². The Morgan fingerprint density at radius 1 is 1.37 bits per heavy atom. The fourth-order valence-electron chi connectivity index (χ4n) is 1.58. The van der Waals surface area contributed by atoms with Crippen molar-refractivity contribution in [1.29, 1.82) is 0 Å². The molecule has 0 amide bonds. The average Bonchev–Trinajstić information content (AvgIpc) is 2.31. The van der Waals surface area contributed by atoms with Gasteiger partial charge in [-0.05, 0) is 53.9 Å². The van der Waals surface area contributed by atoms with Gasteiger partial charge in [-0.3, -0.25) is 0 Å². The molecule has 0 fully saturated rings. The standard InChI is InChI=1S/C14H23BrN2O2/c1-14(2,3)17-8-11-6-10(9-19-5-4-18)7-12(15)13(11)16/h6-7,17-18H,4-5,8-9,16H2,1-3H3. The highest BCUT2D eigenvalue weighted by molar-refractivity contribution is 9.10. The number of aliphatic hydroxyl groups is 1. The summed E-state index contributed by atoms with van der Waals surface area (Å²) in [5.74, 6) is 0. The molecule has 0 aliphatic carbocycles. The maximum absolute atomic E-state index is 8.71. The van der Waals surface area contributed by atoms with Crippen LogP contribution in [0.2, 0.25) is 0 Å². The molecule has 0 aliphatic heterocycles. The van der Waals surface area contributed by atoms with Crippen molar-refractivity contribution in [2.24, 2.45) is 0 Å². The first-order valence-corrected chi connectivity index (χ1v) is 7.13. The molecule has 1 aromatic rings. The molecule has 0 spiro atoms. The summed E-state index contributed by atoms with van der Waals surface area (Å²) in [6, 6.07) is 3.99. The highest BCUT2D eigenvalue weighted by atomic mass is 79.9. The van der Waals surface area contributed by atoms with Crippen LogP contribution in [0.5, 0.6) is 0 Å². The molecular weight excluding hydrogens is 308 g/mol. The summed E-state index contributed by atoms with van der Waals surface area (Å²) in [7, 11) is 0. The van der Waals surface area contributed by atoms with Crippen LogP contribution in [0, 0.1) is 0 Å². The number of nitrogens with one attached hydrogen (secondary N) is 1. The molecule has 0 bridgehead atoms. The van der Waals surface area contributed by atoms with Gasteiger partial charge in [-0.1, -0.05) is 6.07 Å². The summed E-state index contributed by atoms with van der Waals surface area (Å²) in [4.78, 5) is 0. The number of rotatable bonds is 6. The van der Waals surface area contributed by atoms with Gasteiger partial charge in [-0.25, -0.2) is 0 Å². The monoisotopic (exact) mass is 330 g/mol. The Morgan fingerprint density at radius 3 is 2.63 bits per heavy atom. The van der Waals surface area contributed by atoms with Crippen molar-refractivity contribution in [3.8, 4) is 0 Å². The lowest BCUT2D eigenvalue weighted by Crippen LogP contribution is -2.35. The number of ether oxygens (including phenoxy) is 1. The van der Waals surface area contributed by atoms with Crippen LogP contribution in [-0.2, 0) is 17.9 Å². The van der Waals surface area contributed by atoms with E-state index in [4.69, 9.17) is 15.6 Å². The fourth-order valence-corrected chi connectivity index (χ4v) is 2.13. The maximum atomic E-state index is 8.71. The first-order valence-electron chi connectivity index (χ1n) is 6.34. The van der Waals surface area contributed by atoms with Crippen molar-refractivity contribution in [2.45, 2.75) is 39.5 Å². The van der Waals surface area contributed by atoms with E-state index in [1.807, 2.05) is 12.1 Å². The molecule has 0 saturated heterocycles. The molecule has 0 atom stereocenters. The Labute approximate surface area is 123 Å². The van der Waals surface area contributed by atoms with Crippen molar-refractivity contribution in [3.05, 3.63) is 27.7 Å². The zero-order valence-corrected chi connectivity index (χ0v) is 13.4. The number of anilines is 1. The van der Waals surface area contributed by atoms with Crippen LogP contribution in [0.3, 0.4) is 0 Å². The summed E-state index contributed by atoms with van der Waals surface area (Å²) in [6.07, 6.45) is 0. The summed E-state index contributed by atoms with van der Waals surface area (Å²) in [5, 5.41) is 12.1. The highest BCUT2D eigenvalue weighted by Gasteiger charge is 2.12. The quantitative estimate of drug-likeness (QED) is 0.553. The normalized spacial score (nSPS) is 11.8. The van der Waals surface area contributed by atoms with Crippen LogP contribution in [0.25, 0.3) is 0 Å².